The molecule has 0 aromatic carbocycles. The molecule has 2 aliphatic carbocycles. The van der Waals surface area contributed by atoms with Crippen molar-refractivity contribution in [2.75, 3.05) is 0 Å². The molecule has 0 aromatic heterocycles. The van der Waals surface area contributed by atoms with E-state index in [9.17, 15) is 9.59 Å². The highest BCUT2D eigenvalue weighted by Crippen LogP contribution is 2.26. The van der Waals surface area contributed by atoms with Crippen molar-refractivity contribution in [2.45, 2.75) is 46.0 Å². The lowest BCUT2D eigenvalue weighted by Gasteiger charge is -2.14. The predicted molar refractivity (Wildman–Crippen MR) is 60.6 cm³/mol. The van der Waals surface area contributed by atoms with E-state index in [1.807, 2.05) is 0 Å². The van der Waals surface area contributed by atoms with Crippen molar-refractivity contribution in [1.29, 1.82) is 0 Å². The van der Waals surface area contributed by atoms with Crippen LogP contribution in [0.25, 0.3) is 0 Å². The molecule has 0 heterocycles. The van der Waals surface area contributed by atoms with Gasteiger partial charge in [0, 0.05) is 0 Å². The highest BCUT2D eigenvalue weighted by atomic mass is 16.1. The summed E-state index contributed by atoms with van der Waals surface area (Å²) in [5.74, 6) is 0.382. The molecule has 0 atom stereocenters. The third kappa shape index (κ3) is 6.00. The molecule has 0 saturated heterocycles. The number of hydrogen-bond acceptors (Lipinski definition) is 2. The third-order valence-corrected chi connectivity index (χ3v) is 2.35. The minimum absolute atomic E-state index is 0.188. The van der Waals surface area contributed by atoms with Crippen molar-refractivity contribution in [2.24, 2.45) is 0 Å². The highest BCUT2D eigenvalue weighted by molar-refractivity contribution is 5.88. The quantitative estimate of drug-likeness (QED) is 0.651. The maximum absolute atomic E-state index is 10.4. The minimum Gasteiger partial charge on any atom is -0.295 e. The summed E-state index contributed by atoms with van der Waals surface area (Å²) < 4.78 is 0. The zero-order chi connectivity index (χ0) is 11.3. The second kappa shape index (κ2) is 5.64. The Hall–Kier alpha value is -1.18. The lowest BCUT2D eigenvalue weighted by molar-refractivity contribution is -0.113. The zero-order valence-electron chi connectivity index (χ0n) is 9.51. The SMILES string of the molecule is CC(=O)C=C1CC1.CC(=O)C=C1CCC1. The molecule has 0 unspecified atom stereocenters. The van der Waals surface area contributed by atoms with Crippen LogP contribution in [0.1, 0.15) is 46.0 Å². The Morgan fingerprint density at radius 2 is 1.27 bits per heavy atom. The molecule has 2 heteroatoms. The van der Waals surface area contributed by atoms with Gasteiger partial charge in [-0.1, -0.05) is 11.1 Å². The summed E-state index contributed by atoms with van der Waals surface area (Å²) in [7, 11) is 0. The number of allylic oxidation sites excluding steroid dienone is 4. The molecule has 2 rings (SSSR count). The molecule has 15 heavy (non-hydrogen) atoms. The Bertz CT molecular complexity index is 309. The van der Waals surface area contributed by atoms with Gasteiger partial charge in [0.25, 0.3) is 0 Å². The standard InChI is InChI=1S/C7H10O.C6H8O/c1-6(8)5-7-3-2-4-7;1-5(7)4-6-2-3-6/h5H,2-4H2,1H3;4H,2-3H2,1H3. The molecule has 0 spiro atoms. The van der Waals surface area contributed by atoms with E-state index in [0.29, 0.717) is 0 Å². The highest BCUT2D eigenvalue weighted by Gasteiger charge is 2.10. The summed E-state index contributed by atoms with van der Waals surface area (Å²) >= 11 is 0. The summed E-state index contributed by atoms with van der Waals surface area (Å²) in [4.78, 5) is 20.6. The first kappa shape index (κ1) is 11.9. The lowest BCUT2D eigenvalue weighted by Crippen LogP contribution is -1.98. The van der Waals surface area contributed by atoms with E-state index in [0.717, 1.165) is 25.7 Å². The molecule has 0 N–H and O–H groups in total. The van der Waals surface area contributed by atoms with Crippen molar-refractivity contribution >= 4 is 11.6 Å². The zero-order valence-corrected chi connectivity index (χ0v) is 9.51. The topological polar surface area (TPSA) is 34.1 Å². The van der Waals surface area contributed by atoms with Gasteiger partial charge in [-0.25, -0.2) is 0 Å². The third-order valence-electron chi connectivity index (χ3n) is 2.35. The number of carbonyl (C=O) groups excluding carboxylic acids is 2. The van der Waals surface area contributed by atoms with Crippen LogP contribution in [0.15, 0.2) is 23.3 Å². The van der Waals surface area contributed by atoms with Crippen LogP contribution in [0.5, 0.6) is 0 Å². The van der Waals surface area contributed by atoms with Gasteiger partial charge in [-0.2, -0.15) is 0 Å². The Labute approximate surface area is 91.1 Å². The molecule has 82 valence electrons. The van der Waals surface area contributed by atoms with Gasteiger partial charge in [-0.05, 0) is 58.1 Å². The van der Waals surface area contributed by atoms with Crippen LogP contribution in [0.3, 0.4) is 0 Å². The van der Waals surface area contributed by atoms with Gasteiger partial charge in [0.05, 0.1) is 0 Å². The average Bonchev–Trinajstić information content (AvgIpc) is 2.81. The molecular formula is C13H18O2. The second-order valence-corrected chi connectivity index (χ2v) is 4.18. The summed E-state index contributed by atoms with van der Waals surface area (Å²) in [5.41, 5.74) is 2.64. The summed E-state index contributed by atoms with van der Waals surface area (Å²) in [6.07, 6.45) is 9.36. The molecule has 2 aliphatic rings. The van der Waals surface area contributed by atoms with E-state index >= 15 is 0 Å². The Kier molecular flexibility index (Phi) is 4.47. The van der Waals surface area contributed by atoms with E-state index in [4.69, 9.17) is 0 Å². The largest absolute Gasteiger partial charge is 0.295 e. The fourth-order valence-corrected chi connectivity index (χ4v) is 1.32. The van der Waals surface area contributed by atoms with Gasteiger partial charge in [-0.3, -0.25) is 9.59 Å². The normalized spacial score (nSPS) is 16.9. The van der Waals surface area contributed by atoms with Crippen molar-refractivity contribution in [1.82, 2.24) is 0 Å². The molecule has 2 saturated carbocycles. The Morgan fingerprint density at radius 1 is 0.867 bits per heavy atom. The summed E-state index contributed by atoms with van der Waals surface area (Å²) in [5, 5.41) is 0. The number of carbonyl (C=O) groups is 2. The van der Waals surface area contributed by atoms with Gasteiger partial charge in [-0.15, -0.1) is 0 Å². The Morgan fingerprint density at radius 3 is 1.40 bits per heavy atom. The van der Waals surface area contributed by atoms with Crippen molar-refractivity contribution in [3.8, 4) is 0 Å². The van der Waals surface area contributed by atoms with Gasteiger partial charge in [0.15, 0.2) is 11.6 Å². The molecule has 2 fully saturated rings. The molecule has 0 aromatic rings. The van der Waals surface area contributed by atoms with Gasteiger partial charge in [0.2, 0.25) is 0 Å². The van der Waals surface area contributed by atoms with E-state index in [2.05, 4.69) is 0 Å². The van der Waals surface area contributed by atoms with Crippen molar-refractivity contribution in [3.63, 3.8) is 0 Å². The minimum atomic E-state index is 0.188. The maximum Gasteiger partial charge on any atom is 0.152 e. The molecule has 0 bridgehead atoms. The monoisotopic (exact) mass is 206 g/mol. The van der Waals surface area contributed by atoms with Crippen LogP contribution in [-0.4, -0.2) is 11.6 Å². The first-order chi connectivity index (χ1) is 7.08. The number of rotatable bonds is 2. The summed E-state index contributed by atoms with van der Waals surface area (Å²) in [6.45, 7) is 3.19. The van der Waals surface area contributed by atoms with Crippen LogP contribution in [0.2, 0.25) is 0 Å². The van der Waals surface area contributed by atoms with Crippen LogP contribution in [0, 0.1) is 0 Å². The van der Waals surface area contributed by atoms with E-state index in [1.165, 1.54) is 17.6 Å². The van der Waals surface area contributed by atoms with E-state index in [-0.39, 0.29) is 11.6 Å². The molecule has 2 nitrogen and oxygen atoms in total. The fourth-order valence-electron chi connectivity index (χ4n) is 1.32. The van der Waals surface area contributed by atoms with Crippen LogP contribution in [-0.2, 0) is 9.59 Å². The van der Waals surface area contributed by atoms with E-state index in [1.54, 1.807) is 26.0 Å². The summed E-state index contributed by atoms with van der Waals surface area (Å²) in [6, 6.07) is 0. The Balaban J connectivity index is 0.000000151. The first-order valence-electron chi connectivity index (χ1n) is 5.48. The van der Waals surface area contributed by atoms with E-state index < -0.39 is 0 Å². The van der Waals surface area contributed by atoms with Gasteiger partial charge >= 0.3 is 0 Å². The van der Waals surface area contributed by atoms with Crippen LogP contribution < -0.4 is 0 Å². The average molecular weight is 206 g/mol. The van der Waals surface area contributed by atoms with Crippen LogP contribution in [0.4, 0.5) is 0 Å². The van der Waals surface area contributed by atoms with Gasteiger partial charge < -0.3 is 0 Å². The first-order valence-corrected chi connectivity index (χ1v) is 5.48. The van der Waals surface area contributed by atoms with Gasteiger partial charge in [0.1, 0.15) is 0 Å². The van der Waals surface area contributed by atoms with Crippen molar-refractivity contribution in [3.05, 3.63) is 23.3 Å². The number of hydrogen-bond donors (Lipinski definition) is 0. The molecule has 0 aliphatic heterocycles. The number of ketones is 2. The van der Waals surface area contributed by atoms with Crippen molar-refractivity contribution < 1.29 is 9.59 Å². The molecule has 0 radical (unpaired) electrons. The lowest BCUT2D eigenvalue weighted by atomic mass is 9.92. The second-order valence-electron chi connectivity index (χ2n) is 4.18. The fraction of sp³-hybridized carbons (Fsp3) is 0.538. The van der Waals surface area contributed by atoms with Crippen LogP contribution >= 0.6 is 0 Å². The maximum atomic E-state index is 10.4. The predicted octanol–water partition coefficient (Wildman–Crippen LogP) is 2.98. The molecule has 0 amide bonds. The molecular weight excluding hydrogens is 188 g/mol. The smallest absolute Gasteiger partial charge is 0.152 e.